The Morgan fingerprint density at radius 3 is 2.48 bits per heavy atom. The SMILES string of the molecule is CCC(=O)c1cnc(Nc2ccc(-n3nc(C)ccc3=O)cn2)cc1Nc1cccc(-c2ncn(C)n2)c1OC. The van der Waals surface area contributed by atoms with Crippen molar-refractivity contribution in [3.05, 3.63) is 88.9 Å². The number of nitrogens with zero attached hydrogens (tertiary/aromatic N) is 7. The number of benzene rings is 1. The topological polar surface area (TPSA) is 142 Å². The molecule has 2 N–H and O–H groups in total. The number of carbonyl (C=O) groups is 1. The number of pyridine rings is 2. The molecule has 1 aromatic carbocycles. The second kappa shape index (κ2) is 11.2. The highest BCUT2D eigenvalue weighted by molar-refractivity contribution is 6.02. The molecule has 0 unspecified atom stereocenters. The summed E-state index contributed by atoms with van der Waals surface area (Å²) in [5, 5.41) is 15.1. The van der Waals surface area contributed by atoms with Crippen LogP contribution in [0.5, 0.6) is 5.75 Å². The molecule has 4 heterocycles. The lowest BCUT2D eigenvalue weighted by Gasteiger charge is -2.17. The molecule has 0 aliphatic carbocycles. The average molecular weight is 538 g/mol. The van der Waals surface area contributed by atoms with Crippen LogP contribution in [0, 0.1) is 6.92 Å². The van der Waals surface area contributed by atoms with Crippen LogP contribution in [-0.4, -0.2) is 47.4 Å². The number of ketones is 1. The van der Waals surface area contributed by atoms with Gasteiger partial charge in [-0.1, -0.05) is 13.0 Å². The van der Waals surface area contributed by atoms with Crippen molar-refractivity contribution in [1.29, 1.82) is 0 Å². The molecule has 0 saturated heterocycles. The largest absolute Gasteiger partial charge is 0.494 e. The highest BCUT2D eigenvalue weighted by Crippen LogP contribution is 2.37. The Balaban J connectivity index is 1.46. The van der Waals surface area contributed by atoms with E-state index in [0.717, 1.165) is 0 Å². The van der Waals surface area contributed by atoms with Gasteiger partial charge in [0.2, 0.25) is 0 Å². The van der Waals surface area contributed by atoms with Gasteiger partial charge in [-0.3, -0.25) is 14.3 Å². The van der Waals surface area contributed by atoms with Crippen molar-refractivity contribution in [3.63, 3.8) is 0 Å². The van der Waals surface area contributed by atoms with Crippen molar-refractivity contribution in [1.82, 2.24) is 34.5 Å². The maximum absolute atomic E-state index is 12.8. The van der Waals surface area contributed by atoms with Crippen molar-refractivity contribution in [2.75, 3.05) is 17.7 Å². The molecule has 0 aliphatic rings. The molecule has 4 aromatic heterocycles. The second-order valence-electron chi connectivity index (χ2n) is 8.90. The van der Waals surface area contributed by atoms with E-state index in [-0.39, 0.29) is 11.3 Å². The van der Waals surface area contributed by atoms with Gasteiger partial charge in [0.25, 0.3) is 5.56 Å². The fourth-order valence-electron chi connectivity index (χ4n) is 4.08. The van der Waals surface area contributed by atoms with Crippen LogP contribution in [0.15, 0.2) is 72.0 Å². The van der Waals surface area contributed by atoms with Gasteiger partial charge < -0.3 is 15.4 Å². The Bertz CT molecular complexity index is 1740. The zero-order valence-corrected chi connectivity index (χ0v) is 22.4. The molecule has 0 aliphatic heterocycles. The Hall–Kier alpha value is -5.39. The van der Waals surface area contributed by atoms with Gasteiger partial charge in [0.15, 0.2) is 17.4 Å². The van der Waals surface area contributed by atoms with Crippen LogP contribution in [-0.2, 0) is 7.05 Å². The lowest BCUT2D eigenvalue weighted by molar-refractivity contribution is 0.0988. The molecule has 5 aromatic rings. The van der Waals surface area contributed by atoms with E-state index < -0.39 is 0 Å². The predicted molar refractivity (Wildman–Crippen MR) is 151 cm³/mol. The first kappa shape index (κ1) is 26.2. The van der Waals surface area contributed by atoms with Crippen LogP contribution in [0.25, 0.3) is 17.1 Å². The highest BCUT2D eigenvalue weighted by atomic mass is 16.5. The summed E-state index contributed by atoms with van der Waals surface area (Å²) in [6, 6.07) is 13.9. The van der Waals surface area contributed by atoms with Crippen LogP contribution < -0.4 is 20.9 Å². The van der Waals surface area contributed by atoms with Gasteiger partial charge >= 0.3 is 0 Å². The normalized spacial score (nSPS) is 10.8. The third-order valence-corrected chi connectivity index (χ3v) is 6.04. The number of methoxy groups -OCH3 is 1. The van der Waals surface area contributed by atoms with E-state index in [4.69, 9.17) is 4.74 Å². The van der Waals surface area contributed by atoms with Crippen LogP contribution >= 0.6 is 0 Å². The van der Waals surface area contributed by atoms with E-state index >= 15 is 0 Å². The van der Waals surface area contributed by atoms with Gasteiger partial charge in [-0.2, -0.15) is 14.9 Å². The molecule has 202 valence electrons. The van der Waals surface area contributed by atoms with Crippen LogP contribution in [0.4, 0.5) is 23.0 Å². The number of rotatable bonds is 9. The van der Waals surface area contributed by atoms with E-state index in [0.29, 0.717) is 63.5 Å². The number of hydrogen-bond donors (Lipinski definition) is 2. The van der Waals surface area contributed by atoms with Gasteiger partial charge in [0, 0.05) is 31.8 Å². The molecule has 0 spiro atoms. The smallest absolute Gasteiger partial charge is 0.271 e. The lowest BCUT2D eigenvalue weighted by atomic mass is 10.1. The molecule has 0 bridgehead atoms. The minimum absolute atomic E-state index is 0.0679. The van der Waals surface area contributed by atoms with Crippen molar-refractivity contribution < 1.29 is 9.53 Å². The molecule has 0 fully saturated rings. The molecule has 0 amide bonds. The number of carbonyl (C=O) groups excluding carboxylic acids is 1. The number of Topliss-reactive ketones (excluding diaryl/α,β-unsaturated/α-hetero) is 1. The molecule has 0 atom stereocenters. The maximum Gasteiger partial charge on any atom is 0.271 e. The number of nitrogens with one attached hydrogen (secondary N) is 2. The quantitative estimate of drug-likeness (QED) is 0.263. The standard InChI is InChI=1S/C28H27N9O3/c1-5-23(38)20-15-30-25(33-24-11-10-18(14-29-24)37-26(39)12-9-17(2)34-37)13-22(20)32-21-8-6-7-19(27(21)40-4)28-31-16-36(3)35-28/h6-16H,5H2,1-4H3,(H2,29,30,32,33). The van der Waals surface area contributed by atoms with Crippen molar-refractivity contribution in [2.45, 2.75) is 20.3 Å². The first-order chi connectivity index (χ1) is 19.4. The molecule has 12 heteroatoms. The van der Waals surface area contributed by atoms with Crippen molar-refractivity contribution in [2.24, 2.45) is 7.05 Å². The number of aryl methyl sites for hydroxylation is 2. The first-order valence-electron chi connectivity index (χ1n) is 12.5. The van der Waals surface area contributed by atoms with E-state index in [9.17, 15) is 9.59 Å². The van der Waals surface area contributed by atoms with Crippen molar-refractivity contribution in [3.8, 4) is 22.8 Å². The summed E-state index contributed by atoms with van der Waals surface area (Å²) in [5.41, 5.74) is 3.31. The van der Waals surface area contributed by atoms with Crippen molar-refractivity contribution >= 4 is 28.8 Å². The fourth-order valence-corrected chi connectivity index (χ4v) is 4.08. The molecular weight excluding hydrogens is 510 g/mol. The summed E-state index contributed by atoms with van der Waals surface area (Å²) < 4.78 is 8.63. The van der Waals surface area contributed by atoms with Gasteiger partial charge in [-0.05, 0) is 37.3 Å². The summed E-state index contributed by atoms with van der Waals surface area (Å²) in [5.74, 6) is 1.94. The van der Waals surface area contributed by atoms with Gasteiger partial charge in [0.05, 0.1) is 47.2 Å². The average Bonchev–Trinajstić information content (AvgIpc) is 3.40. The Kier molecular flexibility index (Phi) is 7.31. The van der Waals surface area contributed by atoms with Crippen LogP contribution in [0.2, 0.25) is 0 Å². The molecular formula is C28H27N9O3. The third-order valence-electron chi connectivity index (χ3n) is 6.04. The number of ether oxygens (including phenoxy) is 1. The molecule has 0 radical (unpaired) electrons. The van der Waals surface area contributed by atoms with E-state index in [1.54, 1.807) is 62.6 Å². The molecule has 5 rings (SSSR count). The van der Waals surface area contributed by atoms with Gasteiger partial charge in [-0.15, -0.1) is 0 Å². The minimum atomic E-state index is -0.250. The van der Waals surface area contributed by atoms with Gasteiger partial charge in [-0.25, -0.2) is 15.0 Å². The Morgan fingerprint density at radius 1 is 0.950 bits per heavy atom. The fraction of sp³-hybridized carbons (Fsp3) is 0.179. The Morgan fingerprint density at radius 2 is 1.77 bits per heavy atom. The van der Waals surface area contributed by atoms with E-state index in [1.165, 1.54) is 16.9 Å². The second-order valence-corrected chi connectivity index (χ2v) is 8.90. The zero-order valence-electron chi connectivity index (χ0n) is 22.4. The predicted octanol–water partition coefficient (Wildman–Crippen LogP) is 4.21. The third kappa shape index (κ3) is 5.41. The maximum atomic E-state index is 12.8. The highest BCUT2D eigenvalue weighted by Gasteiger charge is 2.18. The number of anilines is 4. The number of hydrogen-bond acceptors (Lipinski definition) is 10. The molecule has 40 heavy (non-hydrogen) atoms. The summed E-state index contributed by atoms with van der Waals surface area (Å²) in [6.07, 6.45) is 5.00. The monoisotopic (exact) mass is 537 g/mol. The van der Waals surface area contributed by atoms with E-state index in [2.05, 4.69) is 35.8 Å². The van der Waals surface area contributed by atoms with E-state index in [1.807, 2.05) is 25.1 Å². The van der Waals surface area contributed by atoms with Crippen LogP contribution in [0.1, 0.15) is 29.4 Å². The zero-order chi connectivity index (χ0) is 28.2. The summed E-state index contributed by atoms with van der Waals surface area (Å²) in [4.78, 5) is 38.1. The van der Waals surface area contributed by atoms with Gasteiger partial charge in [0.1, 0.15) is 18.0 Å². The summed E-state index contributed by atoms with van der Waals surface area (Å²) >= 11 is 0. The first-order valence-corrected chi connectivity index (χ1v) is 12.5. The molecule has 12 nitrogen and oxygen atoms in total. The number of aromatic nitrogens is 7. The van der Waals surface area contributed by atoms with Crippen LogP contribution in [0.3, 0.4) is 0 Å². The summed E-state index contributed by atoms with van der Waals surface area (Å²) in [6.45, 7) is 3.61. The molecule has 0 saturated carbocycles. The lowest BCUT2D eigenvalue weighted by Crippen LogP contribution is -2.20. The number of para-hydroxylation sites is 1. The Labute approximate surface area is 229 Å². The summed E-state index contributed by atoms with van der Waals surface area (Å²) in [7, 11) is 3.36. The minimum Gasteiger partial charge on any atom is -0.494 e.